The molecule has 0 spiro atoms. The molecule has 0 aliphatic rings. The third kappa shape index (κ3) is 11.5. The molecule has 5 nitrogen and oxygen atoms in total. The number of carbonyl (C=O) groups is 2. The largest absolute Gasteiger partial charge is 0.466 e. The molecule has 1 rings (SSSR count). The van der Waals surface area contributed by atoms with Crippen LogP contribution in [0.25, 0.3) is 0 Å². The number of amides is 1. The lowest BCUT2D eigenvalue weighted by molar-refractivity contribution is -0.127. The molecular formula is C25H43NO4. The van der Waals surface area contributed by atoms with Gasteiger partial charge in [-0.15, -0.1) is 0 Å². The summed E-state index contributed by atoms with van der Waals surface area (Å²) in [5.41, 5.74) is 1.31. The summed E-state index contributed by atoms with van der Waals surface area (Å²) in [6.07, 6.45) is 15.3. The number of furan rings is 1. The van der Waals surface area contributed by atoms with E-state index in [1.807, 2.05) is 0 Å². The second-order valence-corrected chi connectivity index (χ2v) is 8.51. The van der Waals surface area contributed by atoms with Gasteiger partial charge in [0.25, 0.3) is 0 Å². The van der Waals surface area contributed by atoms with Crippen LogP contribution in [-0.2, 0) is 22.4 Å². The van der Waals surface area contributed by atoms with Gasteiger partial charge in [-0.05, 0) is 37.8 Å². The van der Waals surface area contributed by atoms with Crippen LogP contribution in [-0.4, -0.2) is 29.4 Å². The van der Waals surface area contributed by atoms with Gasteiger partial charge < -0.3 is 14.8 Å². The zero-order valence-electron chi connectivity index (χ0n) is 19.4. The van der Waals surface area contributed by atoms with Gasteiger partial charge in [0.15, 0.2) is 5.78 Å². The summed E-state index contributed by atoms with van der Waals surface area (Å²) in [4.78, 5) is 22.9. The Bertz CT molecular complexity index is 608. The Balaban J connectivity index is 2.02. The number of aliphatic hydroxyl groups excluding tert-OH is 1. The molecule has 0 saturated heterocycles. The standard InChI is InChI=1S/C25H43NO4/c1-4-5-12-17-25-20(2)18-22(30-25)15-13-10-8-6-7-9-11-14-16-24(29)23(19-27)26-21(3)28/h18,23,27H,4-17,19H2,1-3H3,(H,26,28)/t23-/m0/s1. The first kappa shape index (κ1) is 26.4. The predicted molar refractivity (Wildman–Crippen MR) is 122 cm³/mol. The summed E-state index contributed by atoms with van der Waals surface area (Å²) < 4.78 is 6.03. The number of ketones is 1. The second kappa shape index (κ2) is 16.1. The Morgan fingerprint density at radius 2 is 1.57 bits per heavy atom. The third-order valence-corrected chi connectivity index (χ3v) is 5.62. The molecule has 30 heavy (non-hydrogen) atoms. The zero-order chi connectivity index (χ0) is 22.2. The molecule has 1 heterocycles. The van der Waals surface area contributed by atoms with Crippen LogP contribution in [0.1, 0.15) is 108 Å². The van der Waals surface area contributed by atoms with Gasteiger partial charge in [-0.2, -0.15) is 0 Å². The number of Topliss-reactive ketones (excluding diaryl/α,β-unsaturated/α-hetero) is 1. The first-order chi connectivity index (χ1) is 14.5. The van der Waals surface area contributed by atoms with Crippen molar-refractivity contribution in [2.75, 3.05) is 6.61 Å². The Morgan fingerprint density at radius 3 is 2.17 bits per heavy atom. The molecule has 0 aromatic carbocycles. The van der Waals surface area contributed by atoms with Gasteiger partial charge >= 0.3 is 0 Å². The minimum atomic E-state index is -0.743. The molecule has 0 bridgehead atoms. The van der Waals surface area contributed by atoms with Crippen molar-refractivity contribution in [3.05, 3.63) is 23.2 Å². The van der Waals surface area contributed by atoms with Gasteiger partial charge in [-0.25, -0.2) is 0 Å². The normalized spacial score (nSPS) is 12.1. The predicted octanol–water partition coefficient (Wildman–Crippen LogP) is 5.44. The van der Waals surface area contributed by atoms with Crippen LogP contribution >= 0.6 is 0 Å². The van der Waals surface area contributed by atoms with Crippen LogP contribution in [0.2, 0.25) is 0 Å². The fourth-order valence-corrected chi connectivity index (χ4v) is 3.80. The highest BCUT2D eigenvalue weighted by atomic mass is 16.3. The van der Waals surface area contributed by atoms with E-state index in [4.69, 9.17) is 4.42 Å². The van der Waals surface area contributed by atoms with Crippen molar-refractivity contribution in [2.45, 2.75) is 117 Å². The number of hydrogen-bond donors (Lipinski definition) is 2. The van der Waals surface area contributed by atoms with Crippen molar-refractivity contribution in [1.29, 1.82) is 0 Å². The Kier molecular flexibility index (Phi) is 14.2. The summed E-state index contributed by atoms with van der Waals surface area (Å²) in [7, 11) is 0. The Morgan fingerprint density at radius 1 is 0.967 bits per heavy atom. The third-order valence-electron chi connectivity index (χ3n) is 5.62. The smallest absolute Gasteiger partial charge is 0.217 e. The summed E-state index contributed by atoms with van der Waals surface area (Å²) >= 11 is 0. The van der Waals surface area contributed by atoms with E-state index in [2.05, 4.69) is 25.2 Å². The van der Waals surface area contributed by atoms with Gasteiger partial charge in [0.1, 0.15) is 17.6 Å². The van der Waals surface area contributed by atoms with Crippen LogP contribution in [0, 0.1) is 6.92 Å². The van der Waals surface area contributed by atoms with Gasteiger partial charge in [0.05, 0.1) is 6.61 Å². The van der Waals surface area contributed by atoms with Crippen LogP contribution in [0.3, 0.4) is 0 Å². The van der Waals surface area contributed by atoms with E-state index in [0.717, 1.165) is 37.9 Å². The summed E-state index contributed by atoms with van der Waals surface area (Å²) in [6, 6.07) is 1.48. The van der Waals surface area contributed by atoms with E-state index in [0.29, 0.717) is 6.42 Å². The molecule has 0 aliphatic heterocycles. The van der Waals surface area contributed by atoms with E-state index < -0.39 is 6.04 Å². The number of nitrogens with one attached hydrogen (secondary N) is 1. The van der Waals surface area contributed by atoms with Crippen molar-refractivity contribution < 1.29 is 19.1 Å². The molecule has 5 heteroatoms. The van der Waals surface area contributed by atoms with E-state index in [-0.39, 0.29) is 18.3 Å². The summed E-state index contributed by atoms with van der Waals surface area (Å²) in [5, 5.41) is 11.7. The fourth-order valence-electron chi connectivity index (χ4n) is 3.80. The number of rotatable bonds is 18. The van der Waals surface area contributed by atoms with Gasteiger partial charge in [0.2, 0.25) is 5.91 Å². The van der Waals surface area contributed by atoms with Crippen molar-refractivity contribution in [3.8, 4) is 0 Å². The molecule has 0 unspecified atom stereocenters. The van der Waals surface area contributed by atoms with Crippen LogP contribution < -0.4 is 5.32 Å². The SMILES string of the molecule is CCCCCc1oc(CCCCCCCCCCC(=O)[C@H](CO)NC(C)=O)cc1C. The van der Waals surface area contributed by atoms with Crippen LogP contribution in [0.15, 0.2) is 10.5 Å². The second-order valence-electron chi connectivity index (χ2n) is 8.51. The highest BCUT2D eigenvalue weighted by molar-refractivity contribution is 5.88. The molecule has 0 fully saturated rings. The Labute approximate surface area is 183 Å². The maximum atomic E-state index is 11.9. The number of hydrogen-bond acceptors (Lipinski definition) is 4. The zero-order valence-corrected chi connectivity index (χ0v) is 19.4. The Hall–Kier alpha value is -1.62. The van der Waals surface area contributed by atoms with E-state index >= 15 is 0 Å². The van der Waals surface area contributed by atoms with Gasteiger partial charge in [-0.1, -0.05) is 58.3 Å². The topological polar surface area (TPSA) is 79.5 Å². The highest BCUT2D eigenvalue weighted by Gasteiger charge is 2.17. The maximum Gasteiger partial charge on any atom is 0.217 e. The lowest BCUT2D eigenvalue weighted by atomic mass is 10.0. The molecule has 0 saturated carbocycles. The van der Waals surface area contributed by atoms with E-state index in [1.165, 1.54) is 69.6 Å². The molecule has 1 atom stereocenters. The number of aryl methyl sites for hydroxylation is 3. The quantitative estimate of drug-likeness (QED) is 0.309. The highest BCUT2D eigenvalue weighted by Crippen LogP contribution is 2.20. The molecule has 0 radical (unpaired) electrons. The minimum Gasteiger partial charge on any atom is -0.466 e. The number of unbranched alkanes of at least 4 members (excludes halogenated alkanes) is 9. The molecule has 1 amide bonds. The van der Waals surface area contributed by atoms with Crippen molar-refractivity contribution in [1.82, 2.24) is 5.32 Å². The lowest BCUT2D eigenvalue weighted by Gasteiger charge is -2.13. The minimum absolute atomic E-state index is 0.0746. The maximum absolute atomic E-state index is 11.9. The molecular weight excluding hydrogens is 378 g/mol. The van der Waals surface area contributed by atoms with Gasteiger partial charge in [0, 0.05) is 26.2 Å². The number of aliphatic hydroxyl groups is 1. The summed E-state index contributed by atoms with van der Waals surface area (Å²) in [6.45, 7) is 5.42. The molecule has 0 aliphatic carbocycles. The van der Waals surface area contributed by atoms with Crippen LogP contribution in [0.5, 0.6) is 0 Å². The molecule has 1 aromatic heterocycles. The molecule has 2 N–H and O–H groups in total. The monoisotopic (exact) mass is 421 g/mol. The first-order valence-corrected chi connectivity index (χ1v) is 12.0. The number of carbonyl (C=O) groups excluding carboxylic acids is 2. The first-order valence-electron chi connectivity index (χ1n) is 12.0. The van der Waals surface area contributed by atoms with Crippen molar-refractivity contribution >= 4 is 11.7 Å². The van der Waals surface area contributed by atoms with Gasteiger partial charge in [-0.3, -0.25) is 9.59 Å². The van der Waals surface area contributed by atoms with Crippen LogP contribution in [0.4, 0.5) is 0 Å². The van der Waals surface area contributed by atoms with Crippen molar-refractivity contribution in [3.63, 3.8) is 0 Å². The molecule has 172 valence electrons. The summed E-state index contributed by atoms with van der Waals surface area (Å²) in [5.74, 6) is 1.97. The van der Waals surface area contributed by atoms with E-state index in [9.17, 15) is 14.7 Å². The lowest BCUT2D eigenvalue weighted by Crippen LogP contribution is -2.42. The molecule has 1 aromatic rings. The average Bonchev–Trinajstić information content (AvgIpc) is 3.06. The van der Waals surface area contributed by atoms with E-state index in [1.54, 1.807) is 0 Å². The fraction of sp³-hybridized carbons (Fsp3) is 0.760. The average molecular weight is 422 g/mol. The van der Waals surface area contributed by atoms with Crippen molar-refractivity contribution in [2.24, 2.45) is 0 Å².